The van der Waals surface area contributed by atoms with Gasteiger partial charge in [-0.2, -0.15) is 0 Å². The van der Waals surface area contributed by atoms with Gasteiger partial charge in [0.05, 0.1) is 5.92 Å². The molecule has 3 amide bonds. The van der Waals surface area contributed by atoms with E-state index in [0.29, 0.717) is 19.0 Å². The minimum absolute atomic E-state index is 0.0690. The number of hydrogen-bond acceptors (Lipinski definition) is 3. The van der Waals surface area contributed by atoms with E-state index in [1.54, 1.807) is 0 Å². The molecule has 2 saturated carbocycles. The van der Waals surface area contributed by atoms with Crippen LogP contribution in [-0.2, 0) is 20.8 Å². The molecule has 2 heterocycles. The van der Waals surface area contributed by atoms with E-state index in [1.807, 2.05) is 28.0 Å². The van der Waals surface area contributed by atoms with Crippen molar-refractivity contribution in [2.45, 2.75) is 63.8 Å². The second-order valence-electron chi connectivity index (χ2n) is 9.09. The molecule has 0 spiro atoms. The third-order valence-electron chi connectivity index (χ3n) is 6.98. The normalized spacial score (nSPS) is 24.7. The van der Waals surface area contributed by atoms with Gasteiger partial charge in [0.1, 0.15) is 0 Å². The molecule has 154 valence electrons. The number of fused-ring (bicyclic) bond motifs is 1. The summed E-state index contributed by atoms with van der Waals surface area (Å²) < 4.78 is 0. The first kappa shape index (κ1) is 18.6. The fraction of sp³-hybridized carbons (Fsp3) is 0.609. The van der Waals surface area contributed by atoms with Gasteiger partial charge in [-0.15, -0.1) is 0 Å². The second-order valence-corrected chi connectivity index (χ2v) is 9.09. The van der Waals surface area contributed by atoms with Gasteiger partial charge in [-0.25, -0.2) is 0 Å². The van der Waals surface area contributed by atoms with Crippen molar-refractivity contribution in [1.82, 2.24) is 4.90 Å². The lowest BCUT2D eigenvalue weighted by atomic mass is 9.94. The van der Waals surface area contributed by atoms with Crippen LogP contribution >= 0.6 is 0 Å². The molecule has 1 unspecified atom stereocenters. The molecule has 6 heteroatoms. The first-order valence-corrected chi connectivity index (χ1v) is 11.1. The highest BCUT2D eigenvalue weighted by Gasteiger charge is 2.39. The molecule has 5 rings (SSSR count). The number of carbonyl (C=O) groups is 3. The van der Waals surface area contributed by atoms with E-state index in [9.17, 15) is 14.4 Å². The highest BCUT2D eigenvalue weighted by molar-refractivity contribution is 6.00. The van der Waals surface area contributed by atoms with Crippen molar-refractivity contribution in [2.24, 2.45) is 11.8 Å². The Bertz CT molecular complexity index is 842. The molecule has 0 bridgehead atoms. The monoisotopic (exact) mass is 395 g/mol. The molecule has 1 saturated heterocycles. The summed E-state index contributed by atoms with van der Waals surface area (Å²) in [6.45, 7) is 1.28. The molecule has 1 aromatic carbocycles. The maximum Gasteiger partial charge on any atom is 0.230 e. The number of hydrogen-bond donors (Lipinski definition) is 1. The van der Waals surface area contributed by atoms with E-state index in [4.69, 9.17) is 0 Å². The number of likely N-dealkylation sites (tertiary alicyclic amines) is 1. The highest BCUT2D eigenvalue weighted by atomic mass is 16.2. The van der Waals surface area contributed by atoms with Crippen LogP contribution in [0.15, 0.2) is 18.2 Å². The molecule has 6 nitrogen and oxygen atoms in total. The number of amides is 3. The van der Waals surface area contributed by atoms with Crippen molar-refractivity contribution in [3.8, 4) is 0 Å². The molecule has 1 atom stereocenters. The second kappa shape index (κ2) is 7.47. The summed E-state index contributed by atoms with van der Waals surface area (Å²) in [5.41, 5.74) is 2.86. The fourth-order valence-corrected chi connectivity index (χ4v) is 5.16. The largest absolute Gasteiger partial charge is 0.339 e. The Hall–Kier alpha value is -2.37. The van der Waals surface area contributed by atoms with Crippen LogP contribution in [0.1, 0.15) is 56.9 Å². The first-order valence-electron chi connectivity index (χ1n) is 11.1. The Morgan fingerprint density at radius 2 is 1.79 bits per heavy atom. The molecule has 4 aliphatic rings. The SMILES string of the molecule is O=C(Nc1ccc2c(c1)CCN2C(=O)C1CC1)C1CC(=O)N(C2CCCCC2)C1. The standard InChI is InChI=1S/C23H29N3O3/c27-21-13-17(14-26(21)19-4-2-1-3-5-19)22(28)24-18-8-9-20-16(12-18)10-11-25(20)23(29)15-6-7-15/h8-9,12,15,17,19H,1-7,10-11,13-14H2,(H,24,28). The molecule has 2 aliphatic carbocycles. The highest BCUT2D eigenvalue weighted by Crippen LogP contribution is 2.37. The zero-order chi connectivity index (χ0) is 20.0. The van der Waals surface area contributed by atoms with Gasteiger partial charge in [0.25, 0.3) is 0 Å². The smallest absolute Gasteiger partial charge is 0.230 e. The van der Waals surface area contributed by atoms with E-state index in [0.717, 1.165) is 55.6 Å². The lowest BCUT2D eigenvalue weighted by Gasteiger charge is -2.31. The summed E-state index contributed by atoms with van der Waals surface area (Å²) >= 11 is 0. The molecular weight excluding hydrogens is 366 g/mol. The maximum absolute atomic E-state index is 12.8. The number of nitrogens with zero attached hydrogens (tertiary/aromatic N) is 2. The van der Waals surface area contributed by atoms with Crippen LogP contribution in [-0.4, -0.2) is 41.8 Å². The Kier molecular flexibility index (Phi) is 4.80. The zero-order valence-corrected chi connectivity index (χ0v) is 16.9. The summed E-state index contributed by atoms with van der Waals surface area (Å²) in [6.07, 6.45) is 8.92. The third-order valence-corrected chi connectivity index (χ3v) is 6.98. The third kappa shape index (κ3) is 3.65. The summed E-state index contributed by atoms with van der Waals surface area (Å²) in [4.78, 5) is 41.5. The van der Waals surface area contributed by atoms with Crippen molar-refractivity contribution >= 4 is 29.1 Å². The van der Waals surface area contributed by atoms with Crippen LogP contribution in [0.25, 0.3) is 0 Å². The topological polar surface area (TPSA) is 69.7 Å². The van der Waals surface area contributed by atoms with E-state index < -0.39 is 0 Å². The van der Waals surface area contributed by atoms with Gasteiger partial charge in [-0.1, -0.05) is 19.3 Å². The van der Waals surface area contributed by atoms with Gasteiger partial charge in [-0.3, -0.25) is 14.4 Å². The fourth-order valence-electron chi connectivity index (χ4n) is 5.16. The first-order chi connectivity index (χ1) is 14.1. The number of anilines is 2. The van der Waals surface area contributed by atoms with Gasteiger partial charge >= 0.3 is 0 Å². The Balaban J connectivity index is 1.22. The van der Waals surface area contributed by atoms with Gasteiger partial charge in [-0.05, 0) is 55.9 Å². The molecule has 2 aliphatic heterocycles. The van der Waals surface area contributed by atoms with Crippen LogP contribution in [0.5, 0.6) is 0 Å². The number of benzene rings is 1. The van der Waals surface area contributed by atoms with Gasteiger partial charge in [0.15, 0.2) is 0 Å². The lowest BCUT2D eigenvalue weighted by Crippen LogP contribution is -2.38. The van der Waals surface area contributed by atoms with Crippen LogP contribution in [0.4, 0.5) is 11.4 Å². The molecule has 1 aromatic rings. The van der Waals surface area contributed by atoms with Gasteiger partial charge in [0.2, 0.25) is 17.7 Å². The van der Waals surface area contributed by atoms with E-state index in [2.05, 4.69) is 5.32 Å². The van der Waals surface area contributed by atoms with Crippen molar-refractivity contribution in [2.75, 3.05) is 23.3 Å². The van der Waals surface area contributed by atoms with Crippen molar-refractivity contribution < 1.29 is 14.4 Å². The predicted molar refractivity (Wildman–Crippen MR) is 111 cm³/mol. The van der Waals surface area contributed by atoms with Crippen LogP contribution < -0.4 is 10.2 Å². The Morgan fingerprint density at radius 1 is 1.00 bits per heavy atom. The van der Waals surface area contributed by atoms with E-state index in [-0.39, 0.29) is 29.6 Å². The van der Waals surface area contributed by atoms with Crippen LogP contribution in [0.3, 0.4) is 0 Å². The summed E-state index contributed by atoms with van der Waals surface area (Å²) in [5, 5.41) is 3.02. The van der Waals surface area contributed by atoms with Crippen LogP contribution in [0.2, 0.25) is 0 Å². The van der Waals surface area contributed by atoms with Gasteiger partial charge in [0, 0.05) is 42.8 Å². The van der Waals surface area contributed by atoms with Crippen molar-refractivity contribution in [1.29, 1.82) is 0 Å². The van der Waals surface area contributed by atoms with E-state index >= 15 is 0 Å². The summed E-state index contributed by atoms with van der Waals surface area (Å²) in [5.74, 6) is 0.242. The molecule has 0 radical (unpaired) electrons. The lowest BCUT2D eigenvalue weighted by molar-refractivity contribution is -0.130. The number of rotatable bonds is 4. The molecule has 3 fully saturated rings. The van der Waals surface area contributed by atoms with E-state index in [1.165, 1.54) is 19.3 Å². The average molecular weight is 396 g/mol. The Morgan fingerprint density at radius 3 is 2.55 bits per heavy atom. The molecule has 0 aromatic heterocycles. The molecule has 29 heavy (non-hydrogen) atoms. The van der Waals surface area contributed by atoms with Crippen molar-refractivity contribution in [3.63, 3.8) is 0 Å². The minimum Gasteiger partial charge on any atom is -0.339 e. The zero-order valence-electron chi connectivity index (χ0n) is 16.9. The predicted octanol–water partition coefficient (Wildman–Crippen LogP) is 3.11. The average Bonchev–Trinajstić information content (AvgIpc) is 3.39. The quantitative estimate of drug-likeness (QED) is 0.852. The summed E-state index contributed by atoms with van der Waals surface area (Å²) in [6, 6.07) is 6.14. The molecular formula is C23H29N3O3. The molecule has 1 N–H and O–H groups in total. The summed E-state index contributed by atoms with van der Waals surface area (Å²) in [7, 11) is 0. The Labute approximate surface area is 171 Å². The maximum atomic E-state index is 12.8. The number of carbonyl (C=O) groups excluding carboxylic acids is 3. The van der Waals surface area contributed by atoms with Crippen molar-refractivity contribution in [3.05, 3.63) is 23.8 Å². The number of nitrogens with one attached hydrogen (secondary N) is 1. The van der Waals surface area contributed by atoms with Gasteiger partial charge < -0.3 is 15.1 Å². The minimum atomic E-state index is -0.273. The van der Waals surface area contributed by atoms with Crippen LogP contribution in [0, 0.1) is 11.8 Å².